The fourth-order valence-electron chi connectivity index (χ4n) is 3.21. The summed E-state index contributed by atoms with van der Waals surface area (Å²) in [6.07, 6.45) is 0. The van der Waals surface area contributed by atoms with Crippen LogP contribution in [0.15, 0.2) is 33.8 Å². The normalized spacial score (nSPS) is 11.2. The highest BCUT2D eigenvalue weighted by Gasteiger charge is 2.21. The maximum absolute atomic E-state index is 9.69. The summed E-state index contributed by atoms with van der Waals surface area (Å²) in [5.74, 6) is 3.19. The molecule has 0 spiro atoms. The minimum absolute atomic E-state index is 0.312. The number of benzene rings is 2. The lowest BCUT2D eigenvalue weighted by atomic mass is 10.1. The van der Waals surface area contributed by atoms with E-state index in [1.807, 2.05) is 12.1 Å². The van der Waals surface area contributed by atoms with E-state index < -0.39 is 0 Å². The molecule has 3 aromatic rings. The van der Waals surface area contributed by atoms with Crippen molar-refractivity contribution in [3.8, 4) is 45.1 Å². The van der Waals surface area contributed by atoms with Gasteiger partial charge in [0.25, 0.3) is 0 Å². The molecular formula is C22H25N3O7S2. The lowest BCUT2D eigenvalue weighted by molar-refractivity contribution is 0.316. The minimum atomic E-state index is 0.312. The third-order valence-electron chi connectivity index (χ3n) is 4.79. The molecule has 0 fully saturated rings. The second-order valence-electron chi connectivity index (χ2n) is 6.50. The van der Waals surface area contributed by atoms with Crippen molar-refractivity contribution >= 4 is 28.8 Å². The Morgan fingerprint density at radius 2 is 1.44 bits per heavy atom. The van der Waals surface area contributed by atoms with Crippen LogP contribution in [-0.4, -0.2) is 69.5 Å². The van der Waals surface area contributed by atoms with Crippen LogP contribution in [0.2, 0.25) is 0 Å². The molecule has 1 heterocycles. The maximum Gasteiger partial charge on any atom is 0.203 e. The number of hydrogen-bond acceptors (Lipinski definition) is 12. The number of nitrogens with zero attached hydrogens (tertiary/aromatic N) is 3. The van der Waals surface area contributed by atoms with E-state index >= 15 is 0 Å². The van der Waals surface area contributed by atoms with Gasteiger partial charge in [-0.2, -0.15) is 0 Å². The molecule has 1 aromatic heterocycles. The average molecular weight is 508 g/mol. The monoisotopic (exact) mass is 507 g/mol. The molecule has 0 saturated heterocycles. The standard InChI is InChI=1S/C22H25N3O7S2/c1-27-15-8-7-13(18(30-4)20(15)32-6)14(25-26)11-33-22-24-23-21(34-22)12-9-16(28-2)19(31-5)17(10-12)29-3/h7-10,26H,11H2,1-6H3/b25-14-. The molecule has 2 aromatic carbocycles. The van der Waals surface area contributed by atoms with Gasteiger partial charge in [0.15, 0.2) is 27.3 Å². The van der Waals surface area contributed by atoms with E-state index in [1.54, 1.807) is 33.5 Å². The first-order valence-corrected chi connectivity index (χ1v) is 11.6. The molecule has 0 unspecified atom stereocenters. The summed E-state index contributed by atoms with van der Waals surface area (Å²) in [5, 5.41) is 22.4. The van der Waals surface area contributed by atoms with Crippen LogP contribution in [0.5, 0.6) is 34.5 Å². The largest absolute Gasteiger partial charge is 0.493 e. The van der Waals surface area contributed by atoms with Crippen LogP contribution in [0.1, 0.15) is 5.56 Å². The van der Waals surface area contributed by atoms with Gasteiger partial charge in [-0.1, -0.05) is 28.3 Å². The Kier molecular flexibility index (Phi) is 8.66. The zero-order valence-electron chi connectivity index (χ0n) is 19.6. The van der Waals surface area contributed by atoms with Gasteiger partial charge in [0.05, 0.1) is 42.7 Å². The quantitative estimate of drug-likeness (QED) is 0.175. The molecule has 0 aliphatic rings. The molecule has 1 N–H and O–H groups in total. The van der Waals surface area contributed by atoms with Crippen LogP contribution in [0.3, 0.4) is 0 Å². The molecule has 0 saturated carbocycles. The zero-order valence-corrected chi connectivity index (χ0v) is 21.2. The van der Waals surface area contributed by atoms with Crippen LogP contribution in [0.4, 0.5) is 0 Å². The summed E-state index contributed by atoms with van der Waals surface area (Å²) in [6, 6.07) is 7.09. The summed E-state index contributed by atoms with van der Waals surface area (Å²) >= 11 is 2.76. The number of aromatic nitrogens is 2. The van der Waals surface area contributed by atoms with Gasteiger partial charge in [-0.15, -0.1) is 10.2 Å². The van der Waals surface area contributed by atoms with Gasteiger partial charge in [0.1, 0.15) is 10.7 Å². The van der Waals surface area contributed by atoms with Crippen molar-refractivity contribution in [3.63, 3.8) is 0 Å². The van der Waals surface area contributed by atoms with Gasteiger partial charge in [-0.3, -0.25) is 0 Å². The zero-order chi connectivity index (χ0) is 24.7. The highest BCUT2D eigenvalue weighted by Crippen LogP contribution is 2.43. The molecule has 0 atom stereocenters. The van der Waals surface area contributed by atoms with Crippen molar-refractivity contribution in [2.75, 3.05) is 48.4 Å². The first-order valence-electron chi connectivity index (χ1n) is 9.82. The Labute approximate surface area is 205 Å². The smallest absolute Gasteiger partial charge is 0.203 e. The van der Waals surface area contributed by atoms with Crippen LogP contribution < -0.4 is 28.4 Å². The lowest BCUT2D eigenvalue weighted by Gasteiger charge is -2.16. The van der Waals surface area contributed by atoms with Gasteiger partial charge in [0, 0.05) is 16.9 Å². The number of oxime groups is 1. The van der Waals surface area contributed by atoms with Gasteiger partial charge in [0.2, 0.25) is 11.5 Å². The summed E-state index contributed by atoms with van der Waals surface area (Å²) in [4.78, 5) is 0. The van der Waals surface area contributed by atoms with E-state index in [0.29, 0.717) is 60.9 Å². The summed E-state index contributed by atoms with van der Waals surface area (Å²) in [7, 11) is 9.22. The molecule has 34 heavy (non-hydrogen) atoms. The molecule has 182 valence electrons. The predicted octanol–water partition coefficient (Wildman–Crippen LogP) is 4.23. The second kappa shape index (κ2) is 11.7. The van der Waals surface area contributed by atoms with E-state index in [2.05, 4.69) is 15.4 Å². The minimum Gasteiger partial charge on any atom is -0.493 e. The number of methoxy groups -OCH3 is 6. The van der Waals surface area contributed by atoms with Gasteiger partial charge >= 0.3 is 0 Å². The maximum atomic E-state index is 9.69. The number of rotatable bonds is 11. The third-order valence-corrected chi connectivity index (χ3v) is 6.90. The van der Waals surface area contributed by atoms with E-state index in [0.717, 1.165) is 5.56 Å². The van der Waals surface area contributed by atoms with Crippen LogP contribution in [0, 0.1) is 0 Å². The van der Waals surface area contributed by atoms with Crippen molar-refractivity contribution < 1.29 is 33.6 Å². The second-order valence-corrected chi connectivity index (χ2v) is 8.70. The number of ether oxygens (including phenoxy) is 6. The highest BCUT2D eigenvalue weighted by atomic mass is 32.2. The average Bonchev–Trinajstić information content (AvgIpc) is 3.36. The Hall–Kier alpha value is -3.38. The van der Waals surface area contributed by atoms with Crippen molar-refractivity contribution in [2.45, 2.75) is 4.34 Å². The Morgan fingerprint density at radius 3 is 1.97 bits per heavy atom. The first-order chi connectivity index (χ1) is 16.5. The number of hydrogen-bond donors (Lipinski definition) is 1. The molecule has 3 rings (SSSR count). The van der Waals surface area contributed by atoms with Crippen molar-refractivity contribution in [1.82, 2.24) is 10.2 Å². The highest BCUT2D eigenvalue weighted by molar-refractivity contribution is 8.01. The molecule has 0 amide bonds. The van der Waals surface area contributed by atoms with E-state index in [1.165, 1.54) is 44.4 Å². The summed E-state index contributed by atoms with van der Waals surface area (Å²) in [5.41, 5.74) is 1.73. The van der Waals surface area contributed by atoms with Crippen molar-refractivity contribution in [3.05, 3.63) is 29.8 Å². The molecule has 0 aliphatic heterocycles. The lowest BCUT2D eigenvalue weighted by Crippen LogP contribution is -2.08. The molecular weight excluding hydrogens is 482 g/mol. The van der Waals surface area contributed by atoms with Crippen molar-refractivity contribution in [1.29, 1.82) is 0 Å². The van der Waals surface area contributed by atoms with Crippen LogP contribution in [0.25, 0.3) is 10.6 Å². The topological polar surface area (TPSA) is 114 Å². The SMILES string of the molecule is COc1cc(-c2nnc(SC/C(=N/O)c3ccc(OC)c(OC)c3OC)s2)cc(OC)c1OC. The van der Waals surface area contributed by atoms with Gasteiger partial charge < -0.3 is 33.6 Å². The molecule has 12 heteroatoms. The summed E-state index contributed by atoms with van der Waals surface area (Å²) < 4.78 is 33.1. The summed E-state index contributed by atoms with van der Waals surface area (Å²) in [6.45, 7) is 0. The fourth-order valence-corrected chi connectivity index (χ4v) is 4.99. The first kappa shape index (κ1) is 25.2. The predicted molar refractivity (Wildman–Crippen MR) is 130 cm³/mol. The van der Waals surface area contributed by atoms with Crippen LogP contribution >= 0.6 is 23.1 Å². The van der Waals surface area contributed by atoms with Crippen molar-refractivity contribution in [2.24, 2.45) is 5.16 Å². The molecule has 10 nitrogen and oxygen atoms in total. The van der Waals surface area contributed by atoms with Gasteiger partial charge in [-0.05, 0) is 24.3 Å². The number of thioether (sulfide) groups is 1. The molecule has 0 aliphatic carbocycles. The Morgan fingerprint density at radius 1 is 0.824 bits per heavy atom. The van der Waals surface area contributed by atoms with E-state index in [-0.39, 0.29) is 0 Å². The van der Waals surface area contributed by atoms with Crippen LogP contribution in [-0.2, 0) is 0 Å². The Bertz CT molecular complexity index is 1140. The fraction of sp³-hybridized carbons (Fsp3) is 0.318. The van der Waals surface area contributed by atoms with E-state index in [4.69, 9.17) is 28.4 Å². The Balaban J connectivity index is 1.84. The third kappa shape index (κ3) is 5.07. The molecule has 0 bridgehead atoms. The van der Waals surface area contributed by atoms with E-state index in [9.17, 15) is 5.21 Å². The molecule has 0 radical (unpaired) electrons. The van der Waals surface area contributed by atoms with Gasteiger partial charge in [-0.25, -0.2) is 0 Å².